The number of amides is 1. The normalized spacial score (nSPS) is 15.2. The van der Waals surface area contributed by atoms with Gasteiger partial charge in [-0.1, -0.05) is 0 Å². The molecule has 3 aromatic rings. The largest absolute Gasteiger partial charge is 0.506 e. The maximum Gasteiger partial charge on any atom is 0.322 e. The van der Waals surface area contributed by atoms with Gasteiger partial charge in [0, 0.05) is 11.6 Å². The van der Waals surface area contributed by atoms with Crippen molar-refractivity contribution in [3.05, 3.63) is 49.1 Å². The second-order valence-electron chi connectivity index (χ2n) is 5.98. The molecule has 0 bridgehead atoms. The third-order valence-corrected chi connectivity index (χ3v) is 5.85. The highest BCUT2D eigenvalue weighted by molar-refractivity contribution is 9.10. The zero-order chi connectivity index (χ0) is 20.0. The zero-order valence-electron chi connectivity index (χ0n) is 14.0. The smallest absolute Gasteiger partial charge is 0.322 e. The Labute approximate surface area is 169 Å². The van der Waals surface area contributed by atoms with Gasteiger partial charge in [-0.3, -0.25) is 23.9 Å². The summed E-state index contributed by atoms with van der Waals surface area (Å²) in [6.07, 6.45) is 1.61. The van der Waals surface area contributed by atoms with Gasteiger partial charge in [-0.2, -0.15) is 0 Å². The summed E-state index contributed by atoms with van der Waals surface area (Å²) in [6, 6.07) is 2.65. The molecule has 3 heterocycles. The Morgan fingerprint density at radius 1 is 1.43 bits per heavy atom. The fraction of sp³-hybridized carbons (Fsp3) is 0.176. The first kappa shape index (κ1) is 18.4. The predicted molar refractivity (Wildman–Crippen MR) is 103 cm³/mol. The van der Waals surface area contributed by atoms with Crippen LogP contribution in [-0.4, -0.2) is 44.8 Å². The van der Waals surface area contributed by atoms with Gasteiger partial charge in [0.1, 0.15) is 30.5 Å². The summed E-state index contributed by atoms with van der Waals surface area (Å²) in [5.74, 6) is -2.38. The summed E-state index contributed by atoms with van der Waals surface area (Å²) >= 11 is 4.71. The van der Waals surface area contributed by atoms with Crippen molar-refractivity contribution in [1.82, 2.24) is 14.9 Å². The number of benzene rings is 1. The van der Waals surface area contributed by atoms with E-state index < -0.39 is 41.3 Å². The van der Waals surface area contributed by atoms with Crippen molar-refractivity contribution < 1.29 is 24.5 Å². The predicted octanol–water partition coefficient (Wildman–Crippen LogP) is 1.72. The summed E-state index contributed by atoms with van der Waals surface area (Å²) < 4.78 is 7.82. The molecular weight excluding hydrogens is 454 g/mol. The number of ether oxygens (including phenoxy) is 1. The number of carbonyl (C=O) groups is 2. The number of hydrogen-bond acceptors (Lipinski definition) is 7. The second-order valence-corrected chi connectivity index (χ2v) is 7.75. The minimum absolute atomic E-state index is 0.133. The summed E-state index contributed by atoms with van der Waals surface area (Å²) in [4.78, 5) is 41.2. The Morgan fingerprint density at radius 3 is 2.89 bits per heavy atom. The van der Waals surface area contributed by atoms with Crippen LogP contribution in [0.5, 0.6) is 11.5 Å². The first-order valence-corrected chi connectivity index (χ1v) is 9.68. The summed E-state index contributed by atoms with van der Waals surface area (Å²) in [7, 11) is 0. The summed E-state index contributed by atoms with van der Waals surface area (Å²) in [5, 5.41) is 21.8. The van der Waals surface area contributed by atoms with Crippen molar-refractivity contribution in [1.29, 1.82) is 0 Å². The Kier molecular flexibility index (Phi) is 4.55. The topological polar surface area (TPSA) is 131 Å². The molecule has 1 unspecified atom stereocenters. The Balaban J connectivity index is 2.02. The first-order valence-electron chi connectivity index (χ1n) is 8.01. The van der Waals surface area contributed by atoms with Gasteiger partial charge >= 0.3 is 5.97 Å². The number of thiazole rings is 1. The molecule has 2 aromatic heterocycles. The van der Waals surface area contributed by atoms with Gasteiger partial charge in [0.25, 0.3) is 11.5 Å². The van der Waals surface area contributed by atoms with E-state index in [1.165, 1.54) is 15.9 Å². The van der Waals surface area contributed by atoms with E-state index in [0.29, 0.717) is 15.7 Å². The molecule has 0 saturated carbocycles. The molecule has 0 aliphatic carbocycles. The molecule has 4 rings (SSSR count). The van der Waals surface area contributed by atoms with Crippen molar-refractivity contribution in [3.8, 4) is 11.5 Å². The van der Waals surface area contributed by atoms with Crippen LogP contribution in [0.2, 0.25) is 0 Å². The van der Waals surface area contributed by atoms with E-state index in [0.717, 1.165) is 4.88 Å². The minimum Gasteiger partial charge on any atom is -0.506 e. The first-order chi connectivity index (χ1) is 13.4. The molecule has 0 spiro atoms. The molecule has 1 aliphatic heterocycles. The van der Waals surface area contributed by atoms with Crippen LogP contribution in [0.25, 0.3) is 10.9 Å². The molecule has 1 amide bonds. The van der Waals surface area contributed by atoms with Crippen molar-refractivity contribution >= 4 is 50.0 Å². The number of aromatic nitrogens is 2. The monoisotopic (exact) mass is 465 g/mol. The molecule has 1 atom stereocenters. The van der Waals surface area contributed by atoms with Crippen molar-refractivity contribution in [2.24, 2.45) is 0 Å². The average Bonchev–Trinajstić information content (AvgIpc) is 3.19. The van der Waals surface area contributed by atoms with Crippen molar-refractivity contribution in [2.75, 3.05) is 13.2 Å². The fourth-order valence-corrected chi connectivity index (χ4v) is 4.28. The van der Waals surface area contributed by atoms with Gasteiger partial charge in [0.05, 0.1) is 20.4 Å². The van der Waals surface area contributed by atoms with Crippen LogP contribution in [0, 0.1) is 0 Å². The molecule has 0 fully saturated rings. The summed E-state index contributed by atoms with van der Waals surface area (Å²) in [6.45, 7) is -0.545. The number of carbonyl (C=O) groups excluding carboxylic acids is 1. The van der Waals surface area contributed by atoms with Crippen molar-refractivity contribution in [3.63, 3.8) is 0 Å². The van der Waals surface area contributed by atoms with E-state index in [4.69, 9.17) is 9.84 Å². The third-order valence-electron chi connectivity index (χ3n) is 4.35. The number of pyridine rings is 1. The highest BCUT2D eigenvalue weighted by Crippen LogP contribution is 2.42. The Hall–Kier alpha value is -2.92. The summed E-state index contributed by atoms with van der Waals surface area (Å²) in [5.41, 5.74) is 0.707. The molecule has 1 aliphatic rings. The SMILES string of the molecule is O=C(O)CNC(=O)c1c(O)c2ccc(Br)c3c2n(c1=O)C(c1cncs1)CO3. The lowest BCUT2D eigenvalue weighted by molar-refractivity contribution is -0.135. The molecular formula is C17H12BrN3O6S. The average molecular weight is 466 g/mol. The molecule has 0 saturated heterocycles. The van der Waals surface area contributed by atoms with E-state index in [1.807, 2.05) is 0 Å². The second kappa shape index (κ2) is 6.91. The van der Waals surface area contributed by atoms with Crippen LogP contribution in [0.15, 0.2) is 33.1 Å². The van der Waals surface area contributed by atoms with Crippen LogP contribution in [0.4, 0.5) is 0 Å². The van der Waals surface area contributed by atoms with Gasteiger partial charge in [0.15, 0.2) is 5.75 Å². The maximum absolute atomic E-state index is 13.2. The number of rotatable bonds is 4. The molecule has 1 aromatic carbocycles. The van der Waals surface area contributed by atoms with E-state index in [1.54, 1.807) is 23.8 Å². The Morgan fingerprint density at radius 2 is 2.21 bits per heavy atom. The van der Waals surface area contributed by atoms with E-state index in [-0.39, 0.29) is 12.0 Å². The fourth-order valence-electron chi connectivity index (χ4n) is 3.15. The highest BCUT2D eigenvalue weighted by Gasteiger charge is 2.32. The number of carboxylic acid groups (broad SMARTS) is 1. The lowest BCUT2D eigenvalue weighted by atomic mass is 10.1. The molecule has 9 nitrogen and oxygen atoms in total. The van der Waals surface area contributed by atoms with Gasteiger partial charge in [0.2, 0.25) is 0 Å². The van der Waals surface area contributed by atoms with Gasteiger partial charge < -0.3 is 20.3 Å². The van der Waals surface area contributed by atoms with Crippen LogP contribution >= 0.6 is 27.3 Å². The number of aromatic hydroxyl groups is 1. The van der Waals surface area contributed by atoms with Crippen LogP contribution in [0.1, 0.15) is 21.3 Å². The molecule has 3 N–H and O–H groups in total. The van der Waals surface area contributed by atoms with Gasteiger partial charge in [-0.25, -0.2) is 0 Å². The number of nitrogens with zero attached hydrogens (tertiary/aromatic N) is 2. The number of halogens is 1. The maximum atomic E-state index is 13.2. The van der Waals surface area contributed by atoms with E-state index in [2.05, 4.69) is 26.2 Å². The van der Waals surface area contributed by atoms with E-state index in [9.17, 15) is 19.5 Å². The highest BCUT2D eigenvalue weighted by atomic mass is 79.9. The van der Waals surface area contributed by atoms with Gasteiger partial charge in [-0.05, 0) is 28.1 Å². The van der Waals surface area contributed by atoms with Crippen molar-refractivity contribution in [2.45, 2.75) is 6.04 Å². The molecule has 144 valence electrons. The number of carboxylic acids is 1. The minimum atomic E-state index is -1.27. The molecule has 0 radical (unpaired) electrons. The third kappa shape index (κ3) is 2.83. The number of hydrogen-bond donors (Lipinski definition) is 3. The van der Waals surface area contributed by atoms with E-state index >= 15 is 0 Å². The zero-order valence-corrected chi connectivity index (χ0v) is 16.4. The molecule has 28 heavy (non-hydrogen) atoms. The molecule has 11 heteroatoms. The quantitative estimate of drug-likeness (QED) is 0.534. The standard InChI is InChI=1S/C17H12BrN3O6S/c18-8-2-1-7-13-15(8)27-5-9(10-3-19-6-28-10)21(13)17(26)12(14(7)24)16(25)20-4-11(22)23/h1-3,6,9,24H,4-5H2,(H,20,25)(H,22,23). The lowest BCUT2D eigenvalue weighted by Crippen LogP contribution is -2.39. The van der Waals surface area contributed by atoms with Crippen LogP contribution in [-0.2, 0) is 4.79 Å². The number of aliphatic carboxylic acids is 1. The van der Waals surface area contributed by atoms with Crippen LogP contribution < -0.4 is 15.6 Å². The van der Waals surface area contributed by atoms with Crippen LogP contribution in [0.3, 0.4) is 0 Å². The number of nitrogens with one attached hydrogen (secondary N) is 1. The Bertz CT molecular complexity index is 1170. The van der Waals surface area contributed by atoms with Gasteiger partial charge in [-0.15, -0.1) is 11.3 Å². The lowest BCUT2D eigenvalue weighted by Gasteiger charge is -2.29.